The number of methoxy groups -OCH3 is 1. The number of hydrogen-bond donors (Lipinski definition) is 0. The fourth-order valence-corrected chi connectivity index (χ4v) is 2.11. The molecule has 1 atom stereocenters. The molecule has 0 aliphatic heterocycles. The van der Waals surface area contributed by atoms with Crippen molar-refractivity contribution in [2.24, 2.45) is 0 Å². The molecule has 100 valence electrons. The van der Waals surface area contributed by atoms with E-state index >= 15 is 0 Å². The molecule has 4 heteroatoms. The van der Waals surface area contributed by atoms with Crippen LogP contribution in [0.1, 0.15) is 18.5 Å². The molecule has 1 aromatic heterocycles. The van der Waals surface area contributed by atoms with Crippen molar-refractivity contribution in [3.05, 3.63) is 53.3 Å². The predicted octanol–water partition coefficient (Wildman–Crippen LogP) is 3.94. The molecule has 0 amide bonds. The van der Waals surface area contributed by atoms with Crippen molar-refractivity contribution < 1.29 is 4.74 Å². The number of pyridine rings is 1. The summed E-state index contributed by atoms with van der Waals surface area (Å²) in [6.07, 6.45) is 1.72. The van der Waals surface area contributed by atoms with Crippen molar-refractivity contribution in [2.75, 3.05) is 19.1 Å². The van der Waals surface area contributed by atoms with E-state index in [4.69, 9.17) is 16.3 Å². The van der Waals surface area contributed by atoms with Crippen molar-refractivity contribution in [3.8, 4) is 5.75 Å². The minimum absolute atomic E-state index is 0.240. The topological polar surface area (TPSA) is 25.4 Å². The maximum Gasteiger partial charge on any atom is 0.131 e. The quantitative estimate of drug-likeness (QED) is 0.791. The molecule has 0 saturated heterocycles. The molecule has 0 aliphatic carbocycles. The lowest BCUT2D eigenvalue weighted by atomic mass is 10.1. The molecule has 2 aromatic rings. The van der Waals surface area contributed by atoms with Crippen LogP contribution in [0, 0.1) is 0 Å². The van der Waals surface area contributed by atoms with Gasteiger partial charge in [-0.25, -0.2) is 4.98 Å². The zero-order valence-electron chi connectivity index (χ0n) is 11.3. The van der Waals surface area contributed by atoms with E-state index in [2.05, 4.69) is 28.9 Å². The molecule has 1 unspecified atom stereocenters. The molecule has 3 nitrogen and oxygen atoms in total. The zero-order valence-corrected chi connectivity index (χ0v) is 12.1. The molecule has 2 rings (SSSR count). The van der Waals surface area contributed by atoms with Crippen molar-refractivity contribution in [3.63, 3.8) is 0 Å². The fourth-order valence-electron chi connectivity index (χ4n) is 1.94. The SMILES string of the molecule is COc1ccc(C(C)N(C)c2ccnc(Cl)c2)cc1. The molecule has 0 N–H and O–H groups in total. The first-order valence-electron chi connectivity index (χ1n) is 6.10. The third-order valence-corrected chi connectivity index (χ3v) is 3.50. The Bertz CT molecular complexity index is 542. The van der Waals surface area contributed by atoms with Crippen LogP contribution >= 0.6 is 11.6 Å². The number of hydrogen-bond acceptors (Lipinski definition) is 3. The van der Waals surface area contributed by atoms with Gasteiger partial charge < -0.3 is 9.64 Å². The van der Waals surface area contributed by atoms with Gasteiger partial charge in [0.15, 0.2) is 0 Å². The van der Waals surface area contributed by atoms with E-state index in [9.17, 15) is 0 Å². The van der Waals surface area contributed by atoms with Gasteiger partial charge in [-0.05, 0) is 36.8 Å². The van der Waals surface area contributed by atoms with E-state index in [1.807, 2.05) is 31.3 Å². The average Bonchev–Trinajstić information content (AvgIpc) is 2.46. The highest BCUT2D eigenvalue weighted by Gasteiger charge is 2.12. The molecule has 0 radical (unpaired) electrons. The van der Waals surface area contributed by atoms with Gasteiger partial charge in [0.2, 0.25) is 0 Å². The third kappa shape index (κ3) is 3.18. The van der Waals surface area contributed by atoms with Gasteiger partial charge in [0, 0.05) is 18.9 Å². The first-order chi connectivity index (χ1) is 9.11. The Labute approximate surface area is 118 Å². The van der Waals surface area contributed by atoms with E-state index in [1.165, 1.54) is 5.56 Å². The number of anilines is 1. The van der Waals surface area contributed by atoms with Gasteiger partial charge in [-0.2, -0.15) is 0 Å². The molecular weight excluding hydrogens is 260 g/mol. The number of ether oxygens (including phenoxy) is 1. The summed E-state index contributed by atoms with van der Waals surface area (Å²) in [7, 11) is 3.71. The molecule has 0 aliphatic rings. The lowest BCUT2D eigenvalue weighted by molar-refractivity contribution is 0.414. The van der Waals surface area contributed by atoms with Crippen LogP contribution in [0.5, 0.6) is 5.75 Å². The second-order valence-electron chi connectivity index (χ2n) is 4.40. The fraction of sp³-hybridized carbons (Fsp3) is 0.267. The number of halogens is 1. The van der Waals surface area contributed by atoms with Gasteiger partial charge in [-0.1, -0.05) is 23.7 Å². The van der Waals surface area contributed by atoms with Crippen LogP contribution in [0.3, 0.4) is 0 Å². The summed E-state index contributed by atoms with van der Waals surface area (Å²) in [5.74, 6) is 0.866. The van der Waals surface area contributed by atoms with Crippen molar-refractivity contribution in [2.45, 2.75) is 13.0 Å². The van der Waals surface area contributed by atoms with E-state index in [1.54, 1.807) is 13.3 Å². The summed E-state index contributed by atoms with van der Waals surface area (Å²) in [6, 6.07) is 12.1. The first-order valence-corrected chi connectivity index (χ1v) is 6.48. The number of benzene rings is 1. The first kappa shape index (κ1) is 13.7. The molecule has 19 heavy (non-hydrogen) atoms. The van der Waals surface area contributed by atoms with Crippen LogP contribution in [-0.4, -0.2) is 19.1 Å². The van der Waals surface area contributed by atoms with Gasteiger partial charge in [0.05, 0.1) is 13.2 Å². The average molecular weight is 277 g/mol. The third-order valence-electron chi connectivity index (χ3n) is 3.30. The highest BCUT2D eigenvalue weighted by molar-refractivity contribution is 6.29. The van der Waals surface area contributed by atoms with Gasteiger partial charge in [-0.3, -0.25) is 0 Å². The van der Waals surface area contributed by atoms with Gasteiger partial charge in [0.25, 0.3) is 0 Å². The molecule has 1 aromatic carbocycles. The van der Waals surface area contributed by atoms with Gasteiger partial charge in [-0.15, -0.1) is 0 Å². The standard InChI is InChI=1S/C15H17ClN2O/c1-11(12-4-6-14(19-3)7-5-12)18(2)13-8-9-17-15(16)10-13/h4-11H,1-3H3. The molecule has 0 bridgehead atoms. The maximum atomic E-state index is 5.92. The van der Waals surface area contributed by atoms with E-state index in [0.29, 0.717) is 5.15 Å². The highest BCUT2D eigenvalue weighted by atomic mass is 35.5. The van der Waals surface area contributed by atoms with Gasteiger partial charge >= 0.3 is 0 Å². The van der Waals surface area contributed by atoms with Gasteiger partial charge in [0.1, 0.15) is 10.9 Å². The van der Waals surface area contributed by atoms with Crippen LogP contribution in [0.4, 0.5) is 5.69 Å². The van der Waals surface area contributed by atoms with E-state index < -0.39 is 0 Å². The molecule has 0 spiro atoms. The minimum Gasteiger partial charge on any atom is -0.497 e. The van der Waals surface area contributed by atoms with Crippen molar-refractivity contribution in [1.82, 2.24) is 4.98 Å². The summed E-state index contributed by atoms with van der Waals surface area (Å²) < 4.78 is 5.17. The van der Waals surface area contributed by atoms with Crippen LogP contribution in [0.2, 0.25) is 5.15 Å². The smallest absolute Gasteiger partial charge is 0.131 e. The van der Waals surface area contributed by atoms with Crippen LogP contribution in [0.15, 0.2) is 42.6 Å². The second-order valence-corrected chi connectivity index (χ2v) is 4.78. The Morgan fingerprint density at radius 2 is 1.89 bits per heavy atom. The van der Waals surface area contributed by atoms with E-state index in [0.717, 1.165) is 11.4 Å². The summed E-state index contributed by atoms with van der Waals surface area (Å²) in [4.78, 5) is 6.16. The molecule has 0 fully saturated rings. The lowest BCUT2D eigenvalue weighted by Crippen LogP contribution is -2.21. The second kappa shape index (κ2) is 5.93. The van der Waals surface area contributed by atoms with Crippen LogP contribution in [0.25, 0.3) is 0 Å². The summed E-state index contributed by atoms with van der Waals surface area (Å²) in [5, 5.41) is 0.506. The van der Waals surface area contributed by atoms with Crippen LogP contribution in [-0.2, 0) is 0 Å². The monoisotopic (exact) mass is 276 g/mol. The van der Waals surface area contributed by atoms with Crippen molar-refractivity contribution in [1.29, 1.82) is 0 Å². The number of aromatic nitrogens is 1. The summed E-state index contributed by atoms with van der Waals surface area (Å²) in [6.45, 7) is 2.15. The molecular formula is C15H17ClN2O. The Hall–Kier alpha value is -1.74. The Morgan fingerprint density at radius 3 is 2.47 bits per heavy atom. The Kier molecular flexibility index (Phi) is 4.27. The summed E-state index contributed by atoms with van der Waals surface area (Å²) in [5.41, 5.74) is 2.26. The Balaban J connectivity index is 2.20. The number of nitrogens with zero attached hydrogens (tertiary/aromatic N) is 2. The van der Waals surface area contributed by atoms with Crippen LogP contribution < -0.4 is 9.64 Å². The molecule has 0 saturated carbocycles. The zero-order chi connectivity index (χ0) is 13.8. The Morgan fingerprint density at radius 1 is 1.21 bits per heavy atom. The largest absolute Gasteiger partial charge is 0.497 e. The molecule has 1 heterocycles. The summed E-state index contributed by atoms with van der Waals surface area (Å²) >= 11 is 5.92. The van der Waals surface area contributed by atoms with Crippen molar-refractivity contribution >= 4 is 17.3 Å². The lowest BCUT2D eigenvalue weighted by Gasteiger charge is -2.27. The maximum absolute atomic E-state index is 5.92. The number of rotatable bonds is 4. The van der Waals surface area contributed by atoms with E-state index in [-0.39, 0.29) is 6.04 Å². The normalized spacial score (nSPS) is 12.0. The predicted molar refractivity (Wildman–Crippen MR) is 79.1 cm³/mol. The minimum atomic E-state index is 0.240. The highest BCUT2D eigenvalue weighted by Crippen LogP contribution is 2.27.